The number of aromatic nitrogens is 1. The molecule has 2 N–H and O–H groups in total. The number of thiocarbonyl (C=S) groups is 1. The lowest BCUT2D eigenvalue weighted by Gasteiger charge is -2.33. The second-order valence-corrected chi connectivity index (χ2v) is 9.58. The number of benzene rings is 2. The van der Waals surface area contributed by atoms with Gasteiger partial charge in [0.25, 0.3) is 5.91 Å². The van der Waals surface area contributed by atoms with Crippen LogP contribution in [-0.4, -0.2) is 53.1 Å². The van der Waals surface area contributed by atoms with Crippen molar-refractivity contribution in [3.05, 3.63) is 70.4 Å². The number of carbonyl (C=O) groups is 2. The van der Waals surface area contributed by atoms with Crippen molar-refractivity contribution in [2.45, 2.75) is 25.7 Å². The number of rotatable bonds is 7. The number of hydrogen-bond donors (Lipinski definition) is 2. The van der Waals surface area contributed by atoms with E-state index in [1.54, 1.807) is 24.4 Å². The van der Waals surface area contributed by atoms with Gasteiger partial charge in [-0.15, -0.1) is 11.3 Å². The highest BCUT2D eigenvalue weighted by molar-refractivity contribution is 7.80. The molecule has 1 saturated heterocycles. The van der Waals surface area contributed by atoms with E-state index < -0.39 is 0 Å². The summed E-state index contributed by atoms with van der Waals surface area (Å²) in [7, 11) is 0. The molecule has 1 aliphatic rings. The van der Waals surface area contributed by atoms with Crippen molar-refractivity contribution in [1.29, 1.82) is 0 Å². The van der Waals surface area contributed by atoms with E-state index in [0.717, 1.165) is 42.1 Å². The third-order valence-electron chi connectivity index (χ3n) is 5.91. The molecule has 0 aliphatic carbocycles. The summed E-state index contributed by atoms with van der Waals surface area (Å²) in [6, 6.07) is 13.6. The average Bonchev–Trinajstić information content (AvgIpc) is 3.39. The molecule has 7 nitrogen and oxygen atoms in total. The molecule has 188 valence electrons. The minimum atomic E-state index is -0.330. The lowest BCUT2D eigenvalue weighted by Crippen LogP contribution is -2.45. The Balaban J connectivity index is 1.34. The summed E-state index contributed by atoms with van der Waals surface area (Å²) < 4.78 is 18.2. The van der Waals surface area contributed by atoms with Crippen molar-refractivity contribution in [3.63, 3.8) is 0 Å². The van der Waals surface area contributed by atoms with Gasteiger partial charge in [0.2, 0.25) is 0 Å². The van der Waals surface area contributed by atoms with Gasteiger partial charge in [0.05, 0.1) is 11.6 Å². The second kappa shape index (κ2) is 12.0. The fourth-order valence-corrected chi connectivity index (χ4v) is 5.27. The Labute approximate surface area is 218 Å². The number of nitrogens with one attached hydrogen (secondary N) is 2. The Morgan fingerprint density at radius 3 is 2.61 bits per heavy atom. The first-order chi connectivity index (χ1) is 17.4. The van der Waals surface area contributed by atoms with Gasteiger partial charge in [-0.05, 0) is 55.7 Å². The van der Waals surface area contributed by atoms with E-state index in [4.69, 9.17) is 17.0 Å². The first kappa shape index (κ1) is 25.7. The fourth-order valence-electron chi connectivity index (χ4n) is 4.04. The molecule has 1 amide bonds. The molecule has 4 rings (SSSR count). The molecule has 1 fully saturated rings. The normalized spacial score (nSPS) is 13.8. The molecule has 0 saturated carbocycles. The lowest BCUT2D eigenvalue weighted by atomic mass is 9.98. The van der Waals surface area contributed by atoms with E-state index in [-0.39, 0.29) is 30.2 Å². The van der Waals surface area contributed by atoms with Gasteiger partial charge >= 0.3 is 5.97 Å². The highest BCUT2D eigenvalue weighted by Crippen LogP contribution is 2.32. The number of thiazole rings is 1. The molecule has 0 radical (unpaired) electrons. The lowest BCUT2D eigenvalue weighted by molar-refractivity contribution is -0.141. The SMILES string of the molecule is CCOC(=O)CNC(=S)N1CCC(c2nc(C(=O)Nc3ccccc3-c3ccc(F)cc3)cs2)CC1. The van der Waals surface area contributed by atoms with Crippen molar-refractivity contribution in [3.8, 4) is 11.1 Å². The summed E-state index contributed by atoms with van der Waals surface area (Å²) >= 11 is 6.89. The largest absolute Gasteiger partial charge is 0.465 e. The van der Waals surface area contributed by atoms with E-state index in [2.05, 4.69) is 15.6 Å². The van der Waals surface area contributed by atoms with Gasteiger partial charge in [-0.3, -0.25) is 9.59 Å². The number of nitrogens with zero attached hydrogens (tertiary/aromatic N) is 2. The van der Waals surface area contributed by atoms with Crippen LogP contribution >= 0.6 is 23.6 Å². The Bertz CT molecular complexity index is 1220. The zero-order valence-corrected chi connectivity index (χ0v) is 21.5. The molecule has 1 aromatic heterocycles. The van der Waals surface area contributed by atoms with Crippen LogP contribution in [0.25, 0.3) is 11.1 Å². The number of piperidine rings is 1. The van der Waals surface area contributed by atoms with Crippen LogP contribution in [0, 0.1) is 5.82 Å². The number of halogens is 1. The average molecular weight is 527 g/mol. The molecule has 2 aromatic carbocycles. The van der Waals surface area contributed by atoms with Gasteiger partial charge in [-0.1, -0.05) is 30.3 Å². The smallest absolute Gasteiger partial charge is 0.325 e. The van der Waals surface area contributed by atoms with Crippen LogP contribution in [-0.2, 0) is 9.53 Å². The number of para-hydroxylation sites is 1. The van der Waals surface area contributed by atoms with Gasteiger partial charge in [0.1, 0.15) is 18.1 Å². The van der Waals surface area contributed by atoms with Gasteiger partial charge in [0.15, 0.2) is 5.11 Å². The van der Waals surface area contributed by atoms with Crippen molar-refractivity contribution in [2.75, 3.05) is 31.6 Å². The van der Waals surface area contributed by atoms with Crippen LogP contribution in [0.1, 0.15) is 41.2 Å². The van der Waals surface area contributed by atoms with Crippen molar-refractivity contribution < 1.29 is 18.7 Å². The van der Waals surface area contributed by atoms with Crippen molar-refractivity contribution in [2.24, 2.45) is 0 Å². The number of ether oxygens (including phenoxy) is 1. The molecule has 2 heterocycles. The zero-order chi connectivity index (χ0) is 25.5. The maximum absolute atomic E-state index is 13.3. The number of likely N-dealkylation sites (tertiary alicyclic amines) is 1. The molecule has 36 heavy (non-hydrogen) atoms. The van der Waals surface area contributed by atoms with Crippen LogP contribution in [0.5, 0.6) is 0 Å². The molecular formula is C26H27FN4O3S2. The third-order valence-corrected chi connectivity index (χ3v) is 7.32. The quantitative estimate of drug-likeness (QED) is 0.337. The van der Waals surface area contributed by atoms with Gasteiger partial charge in [0, 0.05) is 35.6 Å². The minimum Gasteiger partial charge on any atom is -0.465 e. The summed E-state index contributed by atoms with van der Waals surface area (Å²) in [5.41, 5.74) is 2.63. The molecule has 0 bridgehead atoms. The zero-order valence-electron chi connectivity index (χ0n) is 19.8. The third kappa shape index (κ3) is 6.44. The maximum atomic E-state index is 13.3. The van der Waals surface area contributed by atoms with E-state index in [0.29, 0.717) is 23.1 Å². The van der Waals surface area contributed by atoms with E-state index in [1.807, 2.05) is 29.2 Å². The van der Waals surface area contributed by atoms with Crippen molar-refractivity contribution in [1.82, 2.24) is 15.2 Å². The number of hydrogen-bond acceptors (Lipinski definition) is 6. The van der Waals surface area contributed by atoms with E-state index in [9.17, 15) is 14.0 Å². The second-order valence-electron chi connectivity index (χ2n) is 8.30. The molecule has 3 aromatic rings. The predicted molar refractivity (Wildman–Crippen MR) is 143 cm³/mol. The molecule has 0 unspecified atom stereocenters. The van der Waals surface area contributed by atoms with Crippen LogP contribution in [0.4, 0.5) is 10.1 Å². The molecule has 10 heteroatoms. The minimum absolute atomic E-state index is 0.0574. The molecule has 1 aliphatic heterocycles. The highest BCUT2D eigenvalue weighted by atomic mass is 32.1. The summed E-state index contributed by atoms with van der Waals surface area (Å²) in [6.45, 7) is 3.65. The van der Waals surface area contributed by atoms with Crippen LogP contribution in [0.15, 0.2) is 53.9 Å². The van der Waals surface area contributed by atoms with Gasteiger partial charge in [-0.25, -0.2) is 9.37 Å². The van der Waals surface area contributed by atoms with Crippen LogP contribution < -0.4 is 10.6 Å². The van der Waals surface area contributed by atoms with E-state index >= 15 is 0 Å². The highest BCUT2D eigenvalue weighted by Gasteiger charge is 2.25. The maximum Gasteiger partial charge on any atom is 0.325 e. The summed E-state index contributed by atoms with van der Waals surface area (Å²) in [5.74, 6) is -0.680. The molecular weight excluding hydrogens is 499 g/mol. The number of esters is 1. The fraction of sp³-hybridized carbons (Fsp3) is 0.308. The van der Waals surface area contributed by atoms with Crippen molar-refractivity contribution >= 4 is 46.2 Å². The number of anilines is 1. The number of amides is 1. The topological polar surface area (TPSA) is 83.6 Å². The predicted octanol–water partition coefficient (Wildman–Crippen LogP) is 4.82. The first-order valence-electron chi connectivity index (χ1n) is 11.7. The Morgan fingerprint density at radius 1 is 1.17 bits per heavy atom. The molecule has 0 atom stereocenters. The summed E-state index contributed by atoms with van der Waals surface area (Å²) in [4.78, 5) is 31.2. The van der Waals surface area contributed by atoms with Crippen LogP contribution in [0.2, 0.25) is 0 Å². The first-order valence-corrected chi connectivity index (χ1v) is 13.0. The monoisotopic (exact) mass is 526 g/mol. The summed E-state index contributed by atoms with van der Waals surface area (Å²) in [5, 5.41) is 9.15. The standard InChI is InChI=1S/C26H27FN4O3S2/c1-2-34-23(32)15-28-26(35)31-13-11-18(12-14-31)25-30-22(16-36-25)24(33)29-21-6-4-3-5-20(21)17-7-9-19(27)10-8-17/h3-10,16,18H,2,11-15H2,1H3,(H,28,35)(H,29,33). The van der Waals surface area contributed by atoms with Gasteiger partial charge < -0.3 is 20.3 Å². The van der Waals surface area contributed by atoms with Gasteiger partial charge in [-0.2, -0.15) is 0 Å². The van der Waals surface area contributed by atoms with Crippen LogP contribution in [0.3, 0.4) is 0 Å². The Morgan fingerprint density at radius 2 is 1.89 bits per heavy atom. The Kier molecular flexibility index (Phi) is 8.61. The Hall–Kier alpha value is -3.37. The number of carbonyl (C=O) groups excluding carboxylic acids is 2. The van der Waals surface area contributed by atoms with E-state index in [1.165, 1.54) is 23.5 Å². The molecule has 0 spiro atoms. The summed E-state index contributed by atoms with van der Waals surface area (Å²) in [6.07, 6.45) is 1.70.